The number of nitrogens with zero attached hydrogens (tertiary/aromatic N) is 2. The van der Waals surface area contributed by atoms with Crippen molar-refractivity contribution in [1.29, 1.82) is 0 Å². The van der Waals surface area contributed by atoms with Crippen LogP contribution in [0.15, 0.2) is 0 Å². The van der Waals surface area contributed by atoms with Crippen LogP contribution in [0.4, 0.5) is 0 Å². The SMILES string of the molecule is CCN(CC(=O)N(C)C)C(=O)C(C)CCN. The van der Waals surface area contributed by atoms with Gasteiger partial charge in [0, 0.05) is 26.6 Å². The van der Waals surface area contributed by atoms with Crippen LogP contribution in [0.3, 0.4) is 0 Å². The Balaban J connectivity index is 4.37. The molecule has 16 heavy (non-hydrogen) atoms. The molecule has 0 aromatic rings. The molecule has 0 saturated heterocycles. The van der Waals surface area contributed by atoms with Crippen molar-refractivity contribution in [3.05, 3.63) is 0 Å². The fourth-order valence-electron chi connectivity index (χ4n) is 1.34. The summed E-state index contributed by atoms with van der Waals surface area (Å²) in [5.41, 5.74) is 5.41. The van der Waals surface area contributed by atoms with Crippen LogP contribution in [0.1, 0.15) is 20.3 Å². The summed E-state index contributed by atoms with van der Waals surface area (Å²) < 4.78 is 0. The highest BCUT2D eigenvalue weighted by molar-refractivity contribution is 5.85. The summed E-state index contributed by atoms with van der Waals surface area (Å²) in [5, 5.41) is 0. The van der Waals surface area contributed by atoms with E-state index in [1.165, 1.54) is 4.90 Å². The van der Waals surface area contributed by atoms with E-state index in [9.17, 15) is 9.59 Å². The molecule has 0 rings (SSSR count). The van der Waals surface area contributed by atoms with Crippen LogP contribution in [0, 0.1) is 5.92 Å². The molecule has 0 radical (unpaired) electrons. The lowest BCUT2D eigenvalue weighted by Crippen LogP contribution is -2.42. The Bertz CT molecular complexity index is 241. The lowest BCUT2D eigenvalue weighted by atomic mass is 10.1. The van der Waals surface area contributed by atoms with Crippen LogP contribution in [0.25, 0.3) is 0 Å². The maximum atomic E-state index is 11.9. The predicted molar refractivity (Wildman–Crippen MR) is 63.8 cm³/mol. The molecule has 0 saturated carbocycles. The molecule has 1 unspecified atom stereocenters. The Morgan fingerprint density at radius 3 is 2.25 bits per heavy atom. The highest BCUT2D eigenvalue weighted by Crippen LogP contribution is 2.06. The van der Waals surface area contributed by atoms with E-state index in [0.29, 0.717) is 19.5 Å². The molecule has 0 spiro atoms. The van der Waals surface area contributed by atoms with Gasteiger partial charge in [0.05, 0.1) is 6.54 Å². The molecule has 5 heteroatoms. The van der Waals surface area contributed by atoms with Gasteiger partial charge in [0.1, 0.15) is 0 Å². The molecular formula is C11H23N3O2. The average molecular weight is 229 g/mol. The maximum Gasteiger partial charge on any atom is 0.241 e. The first-order valence-corrected chi connectivity index (χ1v) is 5.63. The summed E-state index contributed by atoms with van der Waals surface area (Å²) in [6, 6.07) is 0. The van der Waals surface area contributed by atoms with Crippen molar-refractivity contribution in [2.75, 3.05) is 33.7 Å². The molecule has 0 aromatic heterocycles. The molecule has 0 bridgehead atoms. The number of carbonyl (C=O) groups excluding carboxylic acids is 2. The van der Waals surface area contributed by atoms with Crippen LogP contribution in [0.2, 0.25) is 0 Å². The Hall–Kier alpha value is -1.10. The first-order chi connectivity index (χ1) is 7.43. The quantitative estimate of drug-likeness (QED) is 0.692. The van der Waals surface area contributed by atoms with Crippen LogP contribution >= 0.6 is 0 Å². The van der Waals surface area contributed by atoms with E-state index in [2.05, 4.69) is 0 Å². The van der Waals surface area contributed by atoms with E-state index in [-0.39, 0.29) is 24.3 Å². The smallest absolute Gasteiger partial charge is 0.241 e. The molecule has 1 atom stereocenters. The summed E-state index contributed by atoms with van der Waals surface area (Å²) in [4.78, 5) is 26.5. The Morgan fingerprint density at radius 1 is 1.31 bits per heavy atom. The molecule has 5 nitrogen and oxygen atoms in total. The van der Waals surface area contributed by atoms with Gasteiger partial charge in [-0.25, -0.2) is 0 Å². The molecule has 0 aromatic carbocycles. The van der Waals surface area contributed by atoms with Crippen molar-refractivity contribution in [3.63, 3.8) is 0 Å². The third-order valence-electron chi connectivity index (χ3n) is 2.54. The minimum absolute atomic E-state index is 0.00292. The van der Waals surface area contributed by atoms with Crippen LogP contribution < -0.4 is 5.73 Å². The van der Waals surface area contributed by atoms with Gasteiger partial charge in [0.2, 0.25) is 11.8 Å². The molecule has 2 amide bonds. The zero-order valence-electron chi connectivity index (χ0n) is 10.7. The standard InChI is InChI=1S/C11H23N3O2/c1-5-14(8-10(15)13(3)4)11(16)9(2)6-7-12/h9H,5-8,12H2,1-4H3. The van der Waals surface area contributed by atoms with Crippen LogP contribution in [0.5, 0.6) is 0 Å². The number of hydrogen-bond acceptors (Lipinski definition) is 3. The van der Waals surface area contributed by atoms with Crippen molar-refractivity contribution in [2.45, 2.75) is 20.3 Å². The Morgan fingerprint density at radius 2 is 1.88 bits per heavy atom. The Kier molecular flexibility index (Phi) is 6.72. The largest absolute Gasteiger partial charge is 0.347 e. The predicted octanol–water partition coefficient (Wildman–Crippen LogP) is -0.0920. The third-order valence-corrected chi connectivity index (χ3v) is 2.54. The van der Waals surface area contributed by atoms with Crippen LogP contribution in [-0.2, 0) is 9.59 Å². The van der Waals surface area contributed by atoms with E-state index in [0.717, 1.165) is 0 Å². The second-order valence-electron chi connectivity index (χ2n) is 4.12. The van der Waals surface area contributed by atoms with Gasteiger partial charge >= 0.3 is 0 Å². The van der Waals surface area contributed by atoms with Gasteiger partial charge in [-0.1, -0.05) is 6.92 Å². The number of hydrogen-bond donors (Lipinski definition) is 1. The lowest BCUT2D eigenvalue weighted by molar-refractivity contribution is -0.141. The van der Waals surface area contributed by atoms with E-state index < -0.39 is 0 Å². The molecule has 0 aliphatic heterocycles. The zero-order valence-corrected chi connectivity index (χ0v) is 10.7. The molecule has 2 N–H and O–H groups in total. The number of carbonyl (C=O) groups is 2. The van der Waals surface area contributed by atoms with Crippen molar-refractivity contribution in [3.8, 4) is 0 Å². The number of amides is 2. The van der Waals surface area contributed by atoms with Gasteiger partial charge in [-0.05, 0) is 19.9 Å². The summed E-state index contributed by atoms with van der Waals surface area (Å²) in [5.74, 6) is -0.168. The molecule has 0 aliphatic rings. The minimum atomic E-state index is -0.111. The monoisotopic (exact) mass is 229 g/mol. The summed E-state index contributed by atoms with van der Waals surface area (Å²) >= 11 is 0. The number of likely N-dealkylation sites (N-methyl/N-ethyl adjacent to an activating group) is 2. The van der Waals surface area contributed by atoms with E-state index in [1.807, 2.05) is 13.8 Å². The summed E-state index contributed by atoms with van der Waals surface area (Å²) in [7, 11) is 3.37. The van der Waals surface area contributed by atoms with E-state index >= 15 is 0 Å². The van der Waals surface area contributed by atoms with Gasteiger partial charge in [0.25, 0.3) is 0 Å². The van der Waals surface area contributed by atoms with Gasteiger partial charge in [-0.3, -0.25) is 9.59 Å². The number of rotatable bonds is 6. The molecule has 0 fully saturated rings. The molecule has 0 aliphatic carbocycles. The maximum absolute atomic E-state index is 11.9. The number of nitrogens with two attached hydrogens (primary N) is 1. The fraction of sp³-hybridized carbons (Fsp3) is 0.818. The zero-order chi connectivity index (χ0) is 12.7. The summed E-state index contributed by atoms with van der Waals surface area (Å²) in [6.07, 6.45) is 0.658. The first-order valence-electron chi connectivity index (χ1n) is 5.63. The second-order valence-corrected chi connectivity index (χ2v) is 4.12. The van der Waals surface area contributed by atoms with Gasteiger partial charge in [-0.15, -0.1) is 0 Å². The highest BCUT2D eigenvalue weighted by atomic mass is 16.2. The van der Waals surface area contributed by atoms with Crippen molar-refractivity contribution < 1.29 is 9.59 Å². The van der Waals surface area contributed by atoms with E-state index in [1.54, 1.807) is 19.0 Å². The summed E-state index contributed by atoms with van der Waals surface area (Å²) in [6.45, 7) is 4.91. The first kappa shape index (κ1) is 14.9. The average Bonchev–Trinajstić information content (AvgIpc) is 2.24. The highest BCUT2D eigenvalue weighted by Gasteiger charge is 2.21. The minimum Gasteiger partial charge on any atom is -0.347 e. The normalized spacial score (nSPS) is 12.1. The second kappa shape index (κ2) is 7.22. The molecule has 94 valence electrons. The topological polar surface area (TPSA) is 66.6 Å². The molecule has 0 heterocycles. The van der Waals surface area contributed by atoms with Crippen molar-refractivity contribution in [1.82, 2.24) is 9.80 Å². The van der Waals surface area contributed by atoms with Crippen molar-refractivity contribution >= 4 is 11.8 Å². The van der Waals surface area contributed by atoms with Gasteiger partial charge in [0.15, 0.2) is 0 Å². The fourth-order valence-corrected chi connectivity index (χ4v) is 1.34. The third kappa shape index (κ3) is 4.61. The lowest BCUT2D eigenvalue weighted by Gasteiger charge is -2.25. The van der Waals surface area contributed by atoms with Crippen LogP contribution in [-0.4, -0.2) is 55.3 Å². The van der Waals surface area contributed by atoms with Gasteiger partial charge in [-0.2, -0.15) is 0 Å². The Labute approximate surface area is 97.6 Å². The van der Waals surface area contributed by atoms with Gasteiger partial charge < -0.3 is 15.5 Å². The molecular weight excluding hydrogens is 206 g/mol. The van der Waals surface area contributed by atoms with E-state index in [4.69, 9.17) is 5.73 Å². The van der Waals surface area contributed by atoms with Crippen molar-refractivity contribution in [2.24, 2.45) is 11.7 Å².